The molecule has 1 heterocycles. The van der Waals surface area contributed by atoms with Gasteiger partial charge in [-0.2, -0.15) is 0 Å². The van der Waals surface area contributed by atoms with Gasteiger partial charge in [-0.1, -0.05) is 30.3 Å². The van der Waals surface area contributed by atoms with Crippen molar-refractivity contribution in [1.82, 2.24) is 10.2 Å². The van der Waals surface area contributed by atoms with Crippen molar-refractivity contribution >= 4 is 11.7 Å². The van der Waals surface area contributed by atoms with E-state index in [2.05, 4.69) is 15.5 Å². The van der Waals surface area contributed by atoms with Gasteiger partial charge in [0, 0.05) is 25.2 Å². The fourth-order valence-corrected chi connectivity index (χ4v) is 3.70. The van der Waals surface area contributed by atoms with Crippen LogP contribution in [-0.4, -0.2) is 55.9 Å². The summed E-state index contributed by atoms with van der Waals surface area (Å²) < 4.78 is 5.31. The van der Waals surface area contributed by atoms with Gasteiger partial charge in [0.05, 0.1) is 19.4 Å². The van der Waals surface area contributed by atoms with E-state index in [0.717, 1.165) is 48.5 Å². The van der Waals surface area contributed by atoms with Crippen molar-refractivity contribution in [3.63, 3.8) is 0 Å². The molecule has 0 radical (unpaired) electrons. The molecule has 0 spiro atoms. The van der Waals surface area contributed by atoms with Crippen molar-refractivity contribution in [2.24, 2.45) is 5.92 Å². The number of hydrogen-bond acceptors (Lipinski definition) is 4. The van der Waals surface area contributed by atoms with Crippen LogP contribution >= 0.6 is 0 Å². The molecule has 0 saturated carbocycles. The third-order valence-corrected chi connectivity index (χ3v) is 5.13. The number of anilines is 1. The zero-order valence-corrected chi connectivity index (χ0v) is 16.4. The van der Waals surface area contributed by atoms with Gasteiger partial charge >= 0.3 is 6.03 Å². The van der Waals surface area contributed by atoms with Crippen LogP contribution in [0.5, 0.6) is 5.75 Å². The predicted molar refractivity (Wildman–Crippen MR) is 112 cm³/mol. The van der Waals surface area contributed by atoms with Gasteiger partial charge in [0.25, 0.3) is 0 Å². The largest absolute Gasteiger partial charge is 0.497 e. The summed E-state index contributed by atoms with van der Waals surface area (Å²) in [7, 11) is 1.64. The lowest BCUT2D eigenvalue weighted by atomic mass is 9.98. The number of amides is 2. The Morgan fingerprint density at radius 2 is 2.11 bits per heavy atom. The Bertz CT molecular complexity index is 779. The third-order valence-electron chi connectivity index (χ3n) is 5.13. The molecular weight excluding hydrogens is 354 g/mol. The molecule has 1 aliphatic rings. The van der Waals surface area contributed by atoms with Gasteiger partial charge in [-0.15, -0.1) is 0 Å². The molecule has 1 saturated heterocycles. The Hall–Kier alpha value is -2.57. The molecule has 1 atom stereocenters. The topological polar surface area (TPSA) is 73.8 Å². The number of hydrogen-bond donors (Lipinski definition) is 3. The summed E-state index contributed by atoms with van der Waals surface area (Å²) in [4.78, 5) is 14.7. The van der Waals surface area contributed by atoms with Crippen molar-refractivity contribution in [1.29, 1.82) is 0 Å². The van der Waals surface area contributed by atoms with Crippen LogP contribution in [0.4, 0.5) is 10.5 Å². The number of nitrogens with zero attached hydrogens (tertiary/aromatic N) is 1. The summed E-state index contributed by atoms with van der Waals surface area (Å²) in [5.41, 5.74) is 2.70. The van der Waals surface area contributed by atoms with E-state index < -0.39 is 0 Å². The summed E-state index contributed by atoms with van der Waals surface area (Å²) >= 11 is 0. The van der Waals surface area contributed by atoms with Crippen molar-refractivity contribution < 1.29 is 14.6 Å². The average molecular weight is 383 g/mol. The Morgan fingerprint density at radius 1 is 1.25 bits per heavy atom. The number of β-amino-alcohol motifs (C(OH)–C–C–N with tert-alkyl or cyclic N) is 1. The maximum absolute atomic E-state index is 12.5. The van der Waals surface area contributed by atoms with Gasteiger partial charge in [-0.05, 0) is 49.1 Å². The van der Waals surface area contributed by atoms with Crippen LogP contribution in [0.2, 0.25) is 0 Å². The van der Waals surface area contributed by atoms with Crippen LogP contribution in [0.1, 0.15) is 12.8 Å². The smallest absolute Gasteiger partial charge is 0.319 e. The molecule has 0 bridgehead atoms. The van der Waals surface area contributed by atoms with E-state index in [1.54, 1.807) is 7.11 Å². The first-order chi connectivity index (χ1) is 13.7. The molecular formula is C22H29N3O3. The summed E-state index contributed by atoms with van der Waals surface area (Å²) in [6.07, 6.45) is 2.20. The van der Waals surface area contributed by atoms with Crippen LogP contribution in [0, 0.1) is 5.92 Å². The number of para-hydroxylation sites is 1. The number of likely N-dealkylation sites (tertiary alicyclic amines) is 1. The van der Waals surface area contributed by atoms with Gasteiger partial charge in [-0.25, -0.2) is 4.79 Å². The van der Waals surface area contributed by atoms with Gasteiger partial charge in [0.1, 0.15) is 5.75 Å². The molecule has 150 valence electrons. The third kappa shape index (κ3) is 5.47. The SMILES string of the molecule is COc1cccc(-c2ccccc2NC(=O)NC[C@@H]2CCCN(CCO)C2)c1. The highest BCUT2D eigenvalue weighted by molar-refractivity contribution is 5.94. The summed E-state index contributed by atoms with van der Waals surface area (Å²) in [6.45, 7) is 3.46. The van der Waals surface area contributed by atoms with Crippen LogP contribution in [0.15, 0.2) is 48.5 Å². The second-order valence-electron chi connectivity index (χ2n) is 7.15. The van der Waals surface area contributed by atoms with Crippen LogP contribution in [0.3, 0.4) is 0 Å². The molecule has 28 heavy (non-hydrogen) atoms. The van der Waals surface area contributed by atoms with Crippen molar-refractivity contribution in [3.05, 3.63) is 48.5 Å². The van der Waals surface area contributed by atoms with E-state index in [9.17, 15) is 4.79 Å². The number of nitrogens with one attached hydrogen (secondary N) is 2. The number of aliphatic hydroxyl groups is 1. The lowest BCUT2D eigenvalue weighted by Gasteiger charge is -2.32. The molecule has 1 aliphatic heterocycles. The van der Waals surface area contributed by atoms with Gasteiger partial charge in [0.15, 0.2) is 0 Å². The van der Waals surface area contributed by atoms with E-state index in [1.807, 2.05) is 48.5 Å². The minimum Gasteiger partial charge on any atom is -0.497 e. The van der Waals surface area contributed by atoms with Crippen molar-refractivity contribution in [3.8, 4) is 16.9 Å². The first kappa shape index (κ1) is 20.2. The first-order valence-corrected chi connectivity index (χ1v) is 9.81. The van der Waals surface area contributed by atoms with E-state index in [1.165, 1.54) is 0 Å². The molecule has 2 amide bonds. The number of methoxy groups -OCH3 is 1. The predicted octanol–water partition coefficient (Wildman–Crippen LogP) is 3.19. The number of rotatable bonds is 7. The fourth-order valence-electron chi connectivity index (χ4n) is 3.70. The monoisotopic (exact) mass is 383 g/mol. The van der Waals surface area contributed by atoms with Crippen LogP contribution < -0.4 is 15.4 Å². The number of carbonyl (C=O) groups is 1. The Balaban J connectivity index is 1.60. The molecule has 0 aliphatic carbocycles. The summed E-state index contributed by atoms with van der Waals surface area (Å²) in [5, 5.41) is 15.1. The summed E-state index contributed by atoms with van der Waals surface area (Å²) in [6, 6.07) is 15.3. The zero-order valence-electron chi connectivity index (χ0n) is 16.4. The average Bonchev–Trinajstić information content (AvgIpc) is 2.73. The lowest BCUT2D eigenvalue weighted by Crippen LogP contribution is -2.42. The van der Waals surface area contributed by atoms with Crippen molar-refractivity contribution in [2.75, 3.05) is 45.2 Å². The van der Waals surface area contributed by atoms with E-state index in [4.69, 9.17) is 9.84 Å². The van der Waals surface area contributed by atoms with Gasteiger partial charge in [-0.3, -0.25) is 0 Å². The number of aliphatic hydroxyl groups excluding tert-OH is 1. The molecule has 0 unspecified atom stereocenters. The Morgan fingerprint density at radius 3 is 2.93 bits per heavy atom. The lowest BCUT2D eigenvalue weighted by molar-refractivity contribution is 0.139. The highest BCUT2D eigenvalue weighted by atomic mass is 16.5. The van der Waals surface area contributed by atoms with E-state index in [-0.39, 0.29) is 12.6 Å². The number of ether oxygens (including phenoxy) is 1. The second-order valence-corrected chi connectivity index (χ2v) is 7.15. The molecule has 2 aromatic carbocycles. The summed E-state index contributed by atoms with van der Waals surface area (Å²) in [5.74, 6) is 1.20. The standard InChI is InChI=1S/C22H29N3O3/c1-28-19-8-4-7-18(14-19)20-9-2-3-10-21(20)24-22(27)23-15-17-6-5-11-25(16-17)12-13-26/h2-4,7-10,14,17,26H,5-6,11-13,15-16H2,1H3,(H2,23,24,27)/t17-/m0/s1. The molecule has 2 aromatic rings. The number of benzene rings is 2. The highest BCUT2D eigenvalue weighted by Gasteiger charge is 2.20. The van der Waals surface area contributed by atoms with Crippen molar-refractivity contribution in [2.45, 2.75) is 12.8 Å². The van der Waals surface area contributed by atoms with Crippen LogP contribution in [-0.2, 0) is 0 Å². The maximum Gasteiger partial charge on any atom is 0.319 e. The van der Waals surface area contributed by atoms with E-state index in [0.29, 0.717) is 19.0 Å². The minimum atomic E-state index is -0.199. The Kier molecular flexibility index (Phi) is 7.28. The molecule has 3 rings (SSSR count). The quantitative estimate of drug-likeness (QED) is 0.687. The fraction of sp³-hybridized carbons (Fsp3) is 0.409. The molecule has 6 nitrogen and oxygen atoms in total. The van der Waals surface area contributed by atoms with Gasteiger partial charge in [0.2, 0.25) is 0 Å². The number of urea groups is 1. The van der Waals surface area contributed by atoms with Crippen LogP contribution in [0.25, 0.3) is 11.1 Å². The molecule has 6 heteroatoms. The Labute approximate surface area is 166 Å². The first-order valence-electron chi connectivity index (χ1n) is 9.81. The highest BCUT2D eigenvalue weighted by Crippen LogP contribution is 2.30. The molecule has 1 fully saturated rings. The maximum atomic E-state index is 12.5. The van der Waals surface area contributed by atoms with Gasteiger partial charge < -0.3 is 25.4 Å². The number of carbonyl (C=O) groups excluding carboxylic acids is 1. The normalized spacial score (nSPS) is 17.1. The molecule has 0 aromatic heterocycles. The molecule has 3 N–H and O–H groups in total. The second kappa shape index (κ2) is 10.1. The zero-order chi connectivity index (χ0) is 19.8. The van der Waals surface area contributed by atoms with E-state index >= 15 is 0 Å². The minimum absolute atomic E-state index is 0.182. The number of piperidine rings is 1.